The second kappa shape index (κ2) is 5.19. The molecular formula is C16H20N2O5. The number of nitro benzene ring substituents is 1. The molecule has 0 radical (unpaired) electrons. The summed E-state index contributed by atoms with van der Waals surface area (Å²) >= 11 is 0. The van der Waals surface area contributed by atoms with Crippen LogP contribution in [0.5, 0.6) is 0 Å². The molecule has 3 rings (SSSR count). The number of non-ortho nitro benzene ring substituents is 1. The zero-order chi connectivity index (χ0) is 16.8. The molecule has 2 saturated heterocycles. The van der Waals surface area contributed by atoms with E-state index < -0.39 is 16.1 Å². The van der Waals surface area contributed by atoms with Gasteiger partial charge in [0.1, 0.15) is 17.3 Å². The van der Waals surface area contributed by atoms with Crippen LogP contribution >= 0.6 is 0 Å². The molecule has 1 aromatic carbocycles. The highest BCUT2D eigenvalue weighted by atomic mass is 16.6. The molecule has 0 spiro atoms. The van der Waals surface area contributed by atoms with E-state index >= 15 is 0 Å². The Balaban J connectivity index is 1.66. The number of benzene rings is 1. The largest absolute Gasteiger partial charge is 0.444 e. The van der Waals surface area contributed by atoms with Crippen molar-refractivity contribution in [2.24, 2.45) is 0 Å². The van der Waals surface area contributed by atoms with Crippen LogP contribution in [0.25, 0.3) is 0 Å². The zero-order valence-electron chi connectivity index (χ0n) is 13.4. The standard InChI is InChI=1S/C16H20N2O5/c1-15(2,3)23-14(19)17-9-8-16(13(10-17)22-16)11-4-6-12(7-5-11)18(20)21/h4-7,13H,8-10H2,1-3H3/t13-,16-/m1/s1. The molecule has 2 aliphatic rings. The molecule has 2 heterocycles. The van der Waals surface area contributed by atoms with Crippen LogP contribution < -0.4 is 0 Å². The molecule has 1 aromatic rings. The Morgan fingerprint density at radius 1 is 1.39 bits per heavy atom. The molecule has 0 N–H and O–H groups in total. The van der Waals surface area contributed by atoms with E-state index in [0.29, 0.717) is 19.5 Å². The predicted octanol–water partition coefficient (Wildman–Crippen LogP) is 2.83. The maximum atomic E-state index is 12.1. The van der Waals surface area contributed by atoms with Gasteiger partial charge in [0.15, 0.2) is 0 Å². The van der Waals surface area contributed by atoms with Crippen LogP contribution in [0, 0.1) is 10.1 Å². The minimum atomic E-state index is -0.519. The average molecular weight is 320 g/mol. The van der Waals surface area contributed by atoms with Crippen molar-refractivity contribution < 1.29 is 19.2 Å². The number of fused-ring (bicyclic) bond motifs is 1. The second-order valence-electron chi connectivity index (χ2n) is 6.98. The van der Waals surface area contributed by atoms with Crippen LogP contribution in [0.3, 0.4) is 0 Å². The van der Waals surface area contributed by atoms with Gasteiger partial charge in [-0.3, -0.25) is 10.1 Å². The Bertz CT molecular complexity index is 637. The van der Waals surface area contributed by atoms with Gasteiger partial charge in [-0.05, 0) is 38.5 Å². The van der Waals surface area contributed by atoms with Crippen LogP contribution in [0.4, 0.5) is 10.5 Å². The maximum absolute atomic E-state index is 12.1. The summed E-state index contributed by atoms with van der Waals surface area (Å²) in [6.07, 6.45) is 0.255. The minimum Gasteiger partial charge on any atom is -0.444 e. The van der Waals surface area contributed by atoms with E-state index in [9.17, 15) is 14.9 Å². The van der Waals surface area contributed by atoms with Gasteiger partial charge >= 0.3 is 6.09 Å². The number of carbonyl (C=O) groups excluding carboxylic acids is 1. The van der Waals surface area contributed by atoms with Gasteiger partial charge in [0.25, 0.3) is 5.69 Å². The van der Waals surface area contributed by atoms with Crippen LogP contribution in [0.2, 0.25) is 0 Å². The first-order chi connectivity index (χ1) is 10.7. The van der Waals surface area contributed by atoms with Crippen LogP contribution in [0.15, 0.2) is 24.3 Å². The van der Waals surface area contributed by atoms with Crippen molar-refractivity contribution in [3.05, 3.63) is 39.9 Å². The predicted molar refractivity (Wildman–Crippen MR) is 82.1 cm³/mol. The first kappa shape index (κ1) is 15.7. The summed E-state index contributed by atoms with van der Waals surface area (Å²) in [7, 11) is 0. The topological polar surface area (TPSA) is 85.2 Å². The number of nitro groups is 1. The number of carbonyl (C=O) groups is 1. The molecule has 2 fully saturated rings. The summed E-state index contributed by atoms with van der Waals surface area (Å²) in [6, 6.07) is 6.45. The quantitative estimate of drug-likeness (QED) is 0.475. The monoisotopic (exact) mass is 320 g/mol. The number of piperidine rings is 1. The smallest absolute Gasteiger partial charge is 0.410 e. The molecule has 124 valence electrons. The third-order valence-electron chi connectivity index (χ3n) is 4.17. The fourth-order valence-corrected chi connectivity index (χ4v) is 2.97. The molecule has 7 nitrogen and oxygen atoms in total. The zero-order valence-corrected chi connectivity index (χ0v) is 13.4. The lowest BCUT2D eigenvalue weighted by Gasteiger charge is -2.31. The van der Waals surface area contributed by atoms with Crippen molar-refractivity contribution in [3.63, 3.8) is 0 Å². The summed E-state index contributed by atoms with van der Waals surface area (Å²) in [5.74, 6) is 0. The van der Waals surface area contributed by atoms with Gasteiger partial charge in [0, 0.05) is 25.1 Å². The molecule has 0 bridgehead atoms. The molecule has 0 aromatic heterocycles. The first-order valence-corrected chi connectivity index (χ1v) is 7.62. The Morgan fingerprint density at radius 2 is 2.04 bits per heavy atom. The first-order valence-electron chi connectivity index (χ1n) is 7.62. The SMILES string of the molecule is CC(C)(C)OC(=O)N1CC[C@]2(c3ccc([N+](=O)[O-])cc3)O[C@@H]2C1. The average Bonchev–Trinajstić information content (AvgIpc) is 3.20. The van der Waals surface area contributed by atoms with E-state index in [0.717, 1.165) is 5.56 Å². The summed E-state index contributed by atoms with van der Waals surface area (Å²) in [5.41, 5.74) is 0.0626. The Kier molecular flexibility index (Phi) is 3.55. The Hall–Kier alpha value is -2.15. The highest BCUT2D eigenvalue weighted by Gasteiger charge is 2.60. The highest BCUT2D eigenvalue weighted by Crippen LogP contribution is 2.52. The van der Waals surface area contributed by atoms with Crippen molar-refractivity contribution in [2.75, 3.05) is 13.1 Å². The van der Waals surface area contributed by atoms with Crippen LogP contribution in [0.1, 0.15) is 32.8 Å². The fourth-order valence-electron chi connectivity index (χ4n) is 2.97. The van der Waals surface area contributed by atoms with Crippen molar-refractivity contribution in [1.82, 2.24) is 4.90 Å². The number of nitrogens with zero attached hydrogens (tertiary/aromatic N) is 2. The Labute approximate surface area is 134 Å². The van der Waals surface area contributed by atoms with Crippen molar-refractivity contribution >= 4 is 11.8 Å². The van der Waals surface area contributed by atoms with Gasteiger partial charge < -0.3 is 14.4 Å². The second-order valence-corrected chi connectivity index (χ2v) is 6.98. The lowest BCUT2D eigenvalue weighted by Crippen LogP contribution is -2.44. The molecular weight excluding hydrogens is 300 g/mol. The fraction of sp³-hybridized carbons (Fsp3) is 0.562. The number of amides is 1. The molecule has 2 atom stereocenters. The van der Waals surface area contributed by atoms with E-state index in [4.69, 9.17) is 9.47 Å². The van der Waals surface area contributed by atoms with Gasteiger partial charge in [-0.15, -0.1) is 0 Å². The van der Waals surface area contributed by atoms with Gasteiger partial charge in [-0.2, -0.15) is 0 Å². The lowest BCUT2D eigenvalue weighted by atomic mass is 9.89. The number of likely N-dealkylation sites (tertiary alicyclic amines) is 1. The van der Waals surface area contributed by atoms with Crippen molar-refractivity contribution in [2.45, 2.75) is 44.5 Å². The highest BCUT2D eigenvalue weighted by molar-refractivity contribution is 5.68. The summed E-state index contributed by atoms with van der Waals surface area (Å²) in [6.45, 7) is 6.53. The third-order valence-corrected chi connectivity index (χ3v) is 4.17. The van der Waals surface area contributed by atoms with E-state index in [1.807, 2.05) is 20.8 Å². The molecule has 0 aliphatic carbocycles. The lowest BCUT2D eigenvalue weighted by molar-refractivity contribution is -0.384. The van der Waals surface area contributed by atoms with Crippen LogP contribution in [-0.4, -0.2) is 40.7 Å². The molecule has 0 saturated carbocycles. The molecule has 2 aliphatic heterocycles. The number of hydrogen-bond donors (Lipinski definition) is 0. The summed E-state index contributed by atoms with van der Waals surface area (Å²) in [4.78, 5) is 24.1. The number of ether oxygens (including phenoxy) is 2. The minimum absolute atomic E-state index is 0.0635. The normalized spacial score (nSPS) is 26.4. The molecule has 23 heavy (non-hydrogen) atoms. The number of rotatable bonds is 2. The van der Waals surface area contributed by atoms with Gasteiger partial charge in [0.2, 0.25) is 0 Å². The van der Waals surface area contributed by atoms with E-state index in [2.05, 4.69) is 0 Å². The maximum Gasteiger partial charge on any atom is 0.410 e. The summed E-state index contributed by atoms with van der Waals surface area (Å²) in [5, 5.41) is 10.7. The van der Waals surface area contributed by atoms with E-state index in [1.165, 1.54) is 12.1 Å². The van der Waals surface area contributed by atoms with E-state index in [-0.39, 0.29) is 17.9 Å². The molecule has 7 heteroatoms. The Morgan fingerprint density at radius 3 is 2.57 bits per heavy atom. The van der Waals surface area contributed by atoms with Crippen molar-refractivity contribution in [1.29, 1.82) is 0 Å². The number of epoxide rings is 1. The summed E-state index contributed by atoms with van der Waals surface area (Å²) < 4.78 is 11.2. The van der Waals surface area contributed by atoms with Gasteiger partial charge in [-0.25, -0.2) is 4.79 Å². The molecule has 0 unspecified atom stereocenters. The third kappa shape index (κ3) is 3.01. The molecule has 1 amide bonds. The number of hydrogen-bond acceptors (Lipinski definition) is 5. The van der Waals surface area contributed by atoms with E-state index in [1.54, 1.807) is 17.0 Å². The van der Waals surface area contributed by atoms with Gasteiger partial charge in [0.05, 0.1) is 11.5 Å². The van der Waals surface area contributed by atoms with Crippen LogP contribution in [-0.2, 0) is 15.1 Å². The van der Waals surface area contributed by atoms with Gasteiger partial charge in [-0.1, -0.05) is 0 Å². The van der Waals surface area contributed by atoms with Crippen molar-refractivity contribution in [3.8, 4) is 0 Å².